The molecule has 3 heterocycles. The Kier molecular flexibility index (Phi) is 3.63. The molecule has 6 heteroatoms. The van der Waals surface area contributed by atoms with Crippen molar-refractivity contribution in [3.05, 3.63) is 47.8 Å². The summed E-state index contributed by atoms with van der Waals surface area (Å²) in [5.41, 5.74) is 2.46. The molecule has 0 radical (unpaired) electrons. The second kappa shape index (κ2) is 5.79. The molecule has 4 rings (SSSR count). The summed E-state index contributed by atoms with van der Waals surface area (Å²) in [6.45, 7) is 3.51. The van der Waals surface area contributed by atoms with E-state index in [4.69, 9.17) is 9.15 Å². The number of aromatic amines is 1. The second-order valence-electron chi connectivity index (χ2n) is 6.06. The van der Waals surface area contributed by atoms with Gasteiger partial charge in [0.15, 0.2) is 0 Å². The van der Waals surface area contributed by atoms with Crippen LogP contribution in [0.2, 0.25) is 0 Å². The lowest BCUT2D eigenvalue weighted by molar-refractivity contribution is 0.107. The number of aryl methyl sites for hydroxylation is 1. The van der Waals surface area contributed by atoms with Crippen molar-refractivity contribution in [3.63, 3.8) is 0 Å². The van der Waals surface area contributed by atoms with Crippen LogP contribution in [0.1, 0.15) is 29.8 Å². The van der Waals surface area contributed by atoms with E-state index in [0.29, 0.717) is 11.8 Å². The third-order valence-electron chi connectivity index (χ3n) is 4.57. The molecular formula is C17H20N4O2. The third kappa shape index (κ3) is 2.64. The fraction of sp³-hybridized carbons (Fsp3) is 0.412. The van der Waals surface area contributed by atoms with Crippen molar-refractivity contribution in [1.82, 2.24) is 20.1 Å². The van der Waals surface area contributed by atoms with Crippen LogP contribution in [0.5, 0.6) is 0 Å². The summed E-state index contributed by atoms with van der Waals surface area (Å²) in [7, 11) is 1.76. The molecule has 1 fully saturated rings. The fourth-order valence-corrected chi connectivity index (χ4v) is 3.41. The standard InChI is InChI=1S/C17H20N4O2/c1-11-19-20-17(23-11)15-8-14(22-2)10-21(15)9-13-5-3-4-12-6-7-18-16(12)13/h3-7,14-15,18H,8-10H2,1-2H3/t14-,15+/m0/s1. The van der Waals surface area contributed by atoms with Crippen LogP contribution in [0.3, 0.4) is 0 Å². The van der Waals surface area contributed by atoms with Crippen molar-refractivity contribution in [3.8, 4) is 0 Å². The molecule has 1 aliphatic heterocycles. The maximum atomic E-state index is 5.67. The van der Waals surface area contributed by atoms with Crippen LogP contribution in [0.25, 0.3) is 10.9 Å². The first-order valence-corrected chi connectivity index (χ1v) is 7.86. The van der Waals surface area contributed by atoms with E-state index in [1.165, 1.54) is 16.5 Å². The minimum Gasteiger partial charge on any atom is -0.424 e. The molecule has 2 aromatic heterocycles. The fourth-order valence-electron chi connectivity index (χ4n) is 3.41. The van der Waals surface area contributed by atoms with Crippen LogP contribution >= 0.6 is 0 Å². The van der Waals surface area contributed by atoms with Gasteiger partial charge in [-0.05, 0) is 23.4 Å². The highest BCUT2D eigenvalue weighted by Crippen LogP contribution is 2.34. The molecule has 2 atom stereocenters. The number of hydrogen-bond acceptors (Lipinski definition) is 5. The molecule has 0 bridgehead atoms. The normalized spacial score (nSPS) is 22.2. The van der Waals surface area contributed by atoms with Crippen LogP contribution in [-0.4, -0.2) is 39.8 Å². The summed E-state index contributed by atoms with van der Waals surface area (Å²) in [5.74, 6) is 1.29. The summed E-state index contributed by atoms with van der Waals surface area (Å²) in [4.78, 5) is 5.69. The molecule has 0 amide bonds. The Bertz CT molecular complexity index is 810. The summed E-state index contributed by atoms with van der Waals surface area (Å²) in [5, 5.41) is 9.43. The number of methoxy groups -OCH3 is 1. The molecule has 0 saturated carbocycles. The smallest absolute Gasteiger partial charge is 0.233 e. The Balaban J connectivity index is 1.64. The van der Waals surface area contributed by atoms with Gasteiger partial charge in [-0.25, -0.2) is 0 Å². The maximum Gasteiger partial charge on any atom is 0.233 e. The molecular weight excluding hydrogens is 292 g/mol. The van der Waals surface area contributed by atoms with Crippen LogP contribution in [0.4, 0.5) is 0 Å². The van der Waals surface area contributed by atoms with Gasteiger partial charge in [-0.1, -0.05) is 18.2 Å². The molecule has 0 spiro atoms. The molecule has 1 saturated heterocycles. The third-order valence-corrected chi connectivity index (χ3v) is 4.57. The monoisotopic (exact) mass is 312 g/mol. The van der Waals surface area contributed by atoms with E-state index in [-0.39, 0.29) is 12.1 Å². The molecule has 6 nitrogen and oxygen atoms in total. The highest BCUT2D eigenvalue weighted by molar-refractivity contribution is 5.82. The van der Waals surface area contributed by atoms with E-state index in [2.05, 4.69) is 44.3 Å². The largest absolute Gasteiger partial charge is 0.424 e. The minimum atomic E-state index is 0.103. The van der Waals surface area contributed by atoms with Gasteiger partial charge in [0.05, 0.1) is 12.1 Å². The van der Waals surface area contributed by atoms with Crippen LogP contribution < -0.4 is 0 Å². The molecule has 1 aliphatic rings. The second-order valence-corrected chi connectivity index (χ2v) is 6.06. The zero-order chi connectivity index (χ0) is 15.8. The highest BCUT2D eigenvalue weighted by Gasteiger charge is 2.36. The van der Waals surface area contributed by atoms with Gasteiger partial charge in [0.25, 0.3) is 0 Å². The quantitative estimate of drug-likeness (QED) is 0.802. The van der Waals surface area contributed by atoms with E-state index >= 15 is 0 Å². The summed E-state index contributed by atoms with van der Waals surface area (Å²) in [6, 6.07) is 8.58. The molecule has 0 unspecified atom stereocenters. The zero-order valence-corrected chi connectivity index (χ0v) is 13.3. The van der Waals surface area contributed by atoms with E-state index in [1.807, 2.05) is 13.1 Å². The Hall–Kier alpha value is -2.18. The number of nitrogens with zero attached hydrogens (tertiary/aromatic N) is 3. The maximum absolute atomic E-state index is 5.67. The first-order chi connectivity index (χ1) is 11.2. The minimum absolute atomic E-state index is 0.103. The summed E-state index contributed by atoms with van der Waals surface area (Å²) < 4.78 is 11.2. The molecule has 0 aliphatic carbocycles. The number of nitrogens with one attached hydrogen (secondary N) is 1. The number of fused-ring (bicyclic) bond motifs is 1. The number of hydrogen-bond donors (Lipinski definition) is 1. The predicted molar refractivity (Wildman–Crippen MR) is 85.9 cm³/mol. The van der Waals surface area contributed by atoms with Gasteiger partial charge in [-0.3, -0.25) is 4.90 Å². The van der Waals surface area contributed by atoms with Crippen molar-refractivity contribution in [2.45, 2.75) is 32.0 Å². The Morgan fingerprint density at radius 3 is 3.04 bits per heavy atom. The molecule has 23 heavy (non-hydrogen) atoms. The summed E-state index contributed by atoms with van der Waals surface area (Å²) in [6.07, 6.45) is 3.04. The average molecular weight is 312 g/mol. The lowest BCUT2D eigenvalue weighted by Gasteiger charge is -2.21. The first-order valence-electron chi connectivity index (χ1n) is 7.86. The number of aromatic nitrogens is 3. The molecule has 1 N–H and O–H groups in total. The number of likely N-dealkylation sites (tertiary alicyclic amines) is 1. The van der Waals surface area contributed by atoms with Crippen molar-refractivity contribution >= 4 is 10.9 Å². The lowest BCUT2D eigenvalue weighted by Crippen LogP contribution is -2.25. The SMILES string of the molecule is CO[C@H]1C[C@H](c2nnc(C)o2)N(Cc2cccc3cc[nH]c23)C1. The van der Waals surface area contributed by atoms with Gasteiger partial charge in [0, 0.05) is 38.8 Å². The number of benzene rings is 1. The van der Waals surface area contributed by atoms with Crippen molar-refractivity contribution in [2.24, 2.45) is 0 Å². The number of ether oxygens (including phenoxy) is 1. The van der Waals surface area contributed by atoms with Crippen molar-refractivity contribution in [1.29, 1.82) is 0 Å². The van der Waals surface area contributed by atoms with Crippen LogP contribution in [0.15, 0.2) is 34.9 Å². The van der Waals surface area contributed by atoms with E-state index < -0.39 is 0 Å². The topological polar surface area (TPSA) is 67.2 Å². The summed E-state index contributed by atoms with van der Waals surface area (Å²) >= 11 is 0. The molecule has 1 aromatic carbocycles. The van der Waals surface area contributed by atoms with E-state index in [0.717, 1.165) is 19.5 Å². The average Bonchev–Trinajstić information content (AvgIpc) is 3.26. The Labute approximate surface area is 134 Å². The van der Waals surface area contributed by atoms with Gasteiger partial charge in [0.2, 0.25) is 11.8 Å². The Morgan fingerprint density at radius 1 is 1.35 bits per heavy atom. The molecule has 120 valence electrons. The van der Waals surface area contributed by atoms with E-state index in [9.17, 15) is 0 Å². The van der Waals surface area contributed by atoms with Crippen LogP contribution in [0, 0.1) is 6.92 Å². The number of rotatable bonds is 4. The predicted octanol–water partition coefficient (Wildman–Crippen LogP) is 2.82. The van der Waals surface area contributed by atoms with Gasteiger partial charge < -0.3 is 14.1 Å². The van der Waals surface area contributed by atoms with Gasteiger partial charge >= 0.3 is 0 Å². The van der Waals surface area contributed by atoms with Crippen molar-refractivity contribution < 1.29 is 9.15 Å². The van der Waals surface area contributed by atoms with Gasteiger partial charge in [0.1, 0.15) is 0 Å². The van der Waals surface area contributed by atoms with Crippen LogP contribution in [-0.2, 0) is 11.3 Å². The Morgan fingerprint density at radius 2 is 2.26 bits per heavy atom. The number of H-pyrrole nitrogens is 1. The zero-order valence-electron chi connectivity index (χ0n) is 13.3. The van der Waals surface area contributed by atoms with Gasteiger partial charge in [-0.2, -0.15) is 0 Å². The first kappa shape index (κ1) is 14.4. The number of para-hydroxylation sites is 1. The van der Waals surface area contributed by atoms with E-state index in [1.54, 1.807) is 7.11 Å². The lowest BCUT2D eigenvalue weighted by atomic mass is 10.1. The van der Waals surface area contributed by atoms with Gasteiger partial charge in [-0.15, -0.1) is 10.2 Å². The molecule has 3 aromatic rings. The van der Waals surface area contributed by atoms with Crippen molar-refractivity contribution in [2.75, 3.05) is 13.7 Å². The highest BCUT2D eigenvalue weighted by atomic mass is 16.5.